The van der Waals surface area contributed by atoms with Gasteiger partial charge in [0.1, 0.15) is 5.78 Å². The summed E-state index contributed by atoms with van der Waals surface area (Å²) in [6, 6.07) is 0. The normalized spacial score (nSPS) is 26.9. The van der Waals surface area contributed by atoms with E-state index < -0.39 is 0 Å². The number of ether oxygens (including phenoxy) is 1. The number of Topliss-reactive ketones (excluding diaryl/α,β-unsaturated/α-hetero) is 1. The SMILES string of the molecule is C=C(OC)N1C(C)(C)C=C[C@@]1(C)CC(C)=O. The number of hydrogen-bond donors (Lipinski definition) is 0. The summed E-state index contributed by atoms with van der Waals surface area (Å²) in [7, 11) is 1.60. The smallest absolute Gasteiger partial charge is 0.182 e. The van der Waals surface area contributed by atoms with Crippen molar-refractivity contribution in [3.8, 4) is 0 Å². The zero-order chi connectivity index (χ0) is 12.6. The van der Waals surface area contributed by atoms with Crippen LogP contribution in [0.4, 0.5) is 0 Å². The third-order valence-corrected chi connectivity index (χ3v) is 3.03. The first-order valence-electron chi connectivity index (χ1n) is 5.46. The average molecular weight is 223 g/mol. The van der Waals surface area contributed by atoms with Gasteiger partial charge in [0.25, 0.3) is 0 Å². The summed E-state index contributed by atoms with van der Waals surface area (Å²) in [5.74, 6) is 0.762. The maximum Gasteiger partial charge on any atom is 0.182 e. The molecule has 0 aromatic heterocycles. The van der Waals surface area contributed by atoms with Gasteiger partial charge >= 0.3 is 0 Å². The highest BCUT2D eigenvalue weighted by Gasteiger charge is 2.44. The Morgan fingerprint density at radius 2 is 1.94 bits per heavy atom. The van der Waals surface area contributed by atoms with Crippen LogP contribution in [0.15, 0.2) is 24.6 Å². The molecule has 0 saturated heterocycles. The van der Waals surface area contributed by atoms with Crippen molar-refractivity contribution in [3.63, 3.8) is 0 Å². The van der Waals surface area contributed by atoms with E-state index in [9.17, 15) is 4.79 Å². The lowest BCUT2D eigenvalue weighted by atomic mass is 9.94. The third kappa shape index (κ3) is 2.13. The molecule has 1 heterocycles. The van der Waals surface area contributed by atoms with Gasteiger partial charge in [0.05, 0.1) is 18.2 Å². The summed E-state index contributed by atoms with van der Waals surface area (Å²) in [4.78, 5) is 13.4. The molecular formula is C13H21NO2. The predicted octanol–water partition coefficient (Wildman–Crippen LogP) is 2.49. The largest absolute Gasteiger partial charge is 0.483 e. The summed E-state index contributed by atoms with van der Waals surface area (Å²) in [5, 5.41) is 0. The van der Waals surface area contributed by atoms with Crippen LogP contribution in [0.5, 0.6) is 0 Å². The summed E-state index contributed by atoms with van der Waals surface area (Å²) in [6.07, 6.45) is 4.63. The monoisotopic (exact) mass is 223 g/mol. The Balaban J connectivity index is 3.06. The molecule has 0 saturated carbocycles. The molecule has 0 bridgehead atoms. The van der Waals surface area contributed by atoms with Gasteiger partial charge in [0.2, 0.25) is 0 Å². The molecule has 1 aliphatic rings. The van der Waals surface area contributed by atoms with Crippen LogP contribution in [-0.4, -0.2) is 28.9 Å². The van der Waals surface area contributed by atoms with E-state index in [1.54, 1.807) is 14.0 Å². The molecule has 0 amide bonds. The van der Waals surface area contributed by atoms with Crippen molar-refractivity contribution >= 4 is 5.78 Å². The van der Waals surface area contributed by atoms with Crippen LogP contribution in [0, 0.1) is 0 Å². The first-order chi connectivity index (χ1) is 7.23. The zero-order valence-electron chi connectivity index (χ0n) is 10.8. The molecule has 3 heteroatoms. The second kappa shape index (κ2) is 3.96. The molecule has 90 valence electrons. The second-order valence-corrected chi connectivity index (χ2v) is 5.16. The number of rotatable bonds is 4. The van der Waals surface area contributed by atoms with E-state index in [1.165, 1.54) is 0 Å². The minimum absolute atomic E-state index is 0.166. The third-order valence-electron chi connectivity index (χ3n) is 3.03. The number of carbonyl (C=O) groups excluding carboxylic acids is 1. The second-order valence-electron chi connectivity index (χ2n) is 5.16. The first kappa shape index (κ1) is 12.8. The van der Waals surface area contributed by atoms with Crippen molar-refractivity contribution in [1.82, 2.24) is 4.90 Å². The molecule has 1 rings (SSSR count). The predicted molar refractivity (Wildman–Crippen MR) is 64.9 cm³/mol. The number of hydrogen-bond acceptors (Lipinski definition) is 3. The molecule has 0 spiro atoms. The van der Waals surface area contributed by atoms with Gasteiger partial charge < -0.3 is 9.64 Å². The lowest BCUT2D eigenvalue weighted by molar-refractivity contribution is -0.119. The highest BCUT2D eigenvalue weighted by molar-refractivity contribution is 5.77. The quantitative estimate of drug-likeness (QED) is 0.541. The van der Waals surface area contributed by atoms with Crippen LogP contribution in [0.25, 0.3) is 0 Å². The van der Waals surface area contributed by atoms with E-state index in [-0.39, 0.29) is 16.9 Å². The van der Waals surface area contributed by atoms with Gasteiger partial charge in [-0.05, 0) is 34.3 Å². The van der Waals surface area contributed by atoms with Crippen molar-refractivity contribution in [1.29, 1.82) is 0 Å². The Morgan fingerprint density at radius 3 is 2.38 bits per heavy atom. The number of nitrogens with zero attached hydrogens (tertiary/aromatic N) is 1. The molecule has 0 radical (unpaired) electrons. The fraction of sp³-hybridized carbons (Fsp3) is 0.615. The fourth-order valence-corrected chi connectivity index (χ4v) is 2.53. The molecule has 0 aromatic carbocycles. The van der Waals surface area contributed by atoms with Crippen molar-refractivity contribution in [2.45, 2.75) is 45.2 Å². The number of ketones is 1. The Morgan fingerprint density at radius 1 is 1.38 bits per heavy atom. The Hall–Kier alpha value is -1.25. The van der Waals surface area contributed by atoms with Crippen molar-refractivity contribution in [2.24, 2.45) is 0 Å². The maximum absolute atomic E-state index is 11.3. The van der Waals surface area contributed by atoms with Gasteiger partial charge in [-0.15, -0.1) is 0 Å². The molecule has 1 aliphatic heterocycles. The van der Waals surface area contributed by atoms with Crippen LogP contribution in [0.3, 0.4) is 0 Å². The summed E-state index contributed by atoms with van der Waals surface area (Å²) >= 11 is 0. The maximum atomic E-state index is 11.3. The molecule has 0 aromatic rings. The lowest BCUT2D eigenvalue weighted by Gasteiger charge is -2.44. The Kier molecular flexibility index (Phi) is 3.17. The molecule has 0 aliphatic carbocycles. The molecule has 16 heavy (non-hydrogen) atoms. The Bertz CT molecular complexity index is 344. The van der Waals surface area contributed by atoms with Gasteiger partial charge in [-0.2, -0.15) is 0 Å². The van der Waals surface area contributed by atoms with Crippen molar-refractivity contribution in [2.75, 3.05) is 7.11 Å². The molecular weight excluding hydrogens is 202 g/mol. The van der Waals surface area contributed by atoms with Gasteiger partial charge in [0, 0.05) is 6.42 Å². The minimum atomic E-state index is -0.331. The topological polar surface area (TPSA) is 29.5 Å². The first-order valence-corrected chi connectivity index (χ1v) is 5.46. The zero-order valence-corrected chi connectivity index (χ0v) is 10.8. The highest BCUT2D eigenvalue weighted by Crippen LogP contribution is 2.39. The van der Waals surface area contributed by atoms with Crippen LogP contribution in [-0.2, 0) is 9.53 Å². The van der Waals surface area contributed by atoms with Gasteiger partial charge in [-0.3, -0.25) is 4.79 Å². The average Bonchev–Trinajstić information content (AvgIpc) is 2.35. The molecule has 3 nitrogen and oxygen atoms in total. The Labute approximate surface area is 97.8 Å². The van der Waals surface area contributed by atoms with Gasteiger partial charge in [-0.25, -0.2) is 0 Å². The van der Waals surface area contributed by atoms with Crippen LogP contribution in [0.2, 0.25) is 0 Å². The summed E-state index contributed by atoms with van der Waals surface area (Å²) in [5.41, 5.74) is -0.500. The summed E-state index contributed by atoms with van der Waals surface area (Å²) < 4.78 is 5.23. The summed E-state index contributed by atoms with van der Waals surface area (Å²) in [6.45, 7) is 11.7. The molecule has 0 fully saturated rings. The van der Waals surface area contributed by atoms with E-state index in [1.807, 2.05) is 6.92 Å². The molecule has 0 unspecified atom stereocenters. The van der Waals surface area contributed by atoms with Crippen LogP contribution < -0.4 is 0 Å². The van der Waals surface area contributed by atoms with E-state index >= 15 is 0 Å². The van der Waals surface area contributed by atoms with Gasteiger partial charge in [-0.1, -0.05) is 12.2 Å². The molecule has 1 atom stereocenters. The highest BCUT2D eigenvalue weighted by atomic mass is 16.5. The van der Waals surface area contributed by atoms with Crippen LogP contribution in [0.1, 0.15) is 34.1 Å². The van der Waals surface area contributed by atoms with Crippen molar-refractivity contribution in [3.05, 3.63) is 24.6 Å². The van der Waals surface area contributed by atoms with E-state index in [0.29, 0.717) is 12.3 Å². The minimum Gasteiger partial charge on any atom is -0.483 e. The molecule has 0 N–H and O–H groups in total. The fourth-order valence-electron chi connectivity index (χ4n) is 2.53. The standard InChI is InChI=1S/C13H21NO2/c1-10(15)9-13(5)8-7-12(3,4)14(13)11(2)16-6/h7-8H,2,9H2,1,3-6H3/t13-/m0/s1. The van der Waals surface area contributed by atoms with E-state index in [4.69, 9.17) is 4.74 Å². The van der Waals surface area contributed by atoms with Crippen molar-refractivity contribution < 1.29 is 9.53 Å². The lowest BCUT2D eigenvalue weighted by Crippen LogP contribution is -2.50. The van der Waals surface area contributed by atoms with Crippen LogP contribution >= 0.6 is 0 Å². The number of methoxy groups -OCH3 is 1. The van der Waals surface area contributed by atoms with E-state index in [2.05, 4.69) is 37.5 Å². The van der Waals surface area contributed by atoms with E-state index in [0.717, 1.165) is 0 Å². The van der Waals surface area contributed by atoms with Gasteiger partial charge in [0.15, 0.2) is 5.88 Å². The number of carbonyl (C=O) groups is 1.